The average Bonchev–Trinajstić information content (AvgIpc) is 2.19. The summed E-state index contributed by atoms with van der Waals surface area (Å²) >= 11 is 0. The van der Waals surface area contributed by atoms with Crippen LogP contribution in [-0.2, 0) is 4.79 Å². The molecule has 1 rings (SSSR count). The number of nitrogens with one attached hydrogen (secondary N) is 1. The van der Waals surface area contributed by atoms with Gasteiger partial charge in [-0.1, -0.05) is 27.2 Å². The van der Waals surface area contributed by atoms with Gasteiger partial charge in [0.1, 0.15) is 0 Å². The first-order valence-corrected chi connectivity index (χ1v) is 6.47. The lowest BCUT2D eigenvalue weighted by Crippen LogP contribution is -2.45. The van der Waals surface area contributed by atoms with E-state index in [2.05, 4.69) is 19.2 Å². The van der Waals surface area contributed by atoms with E-state index in [1.54, 1.807) is 0 Å². The Kier molecular flexibility index (Phi) is 4.78. The molecule has 1 atom stereocenters. The van der Waals surface area contributed by atoms with E-state index in [9.17, 15) is 4.79 Å². The van der Waals surface area contributed by atoms with E-state index in [0.717, 1.165) is 6.54 Å². The number of carbonyl (C=O) groups is 1. The van der Waals surface area contributed by atoms with Crippen LogP contribution >= 0.6 is 0 Å². The van der Waals surface area contributed by atoms with Crippen molar-refractivity contribution < 1.29 is 4.79 Å². The van der Waals surface area contributed by atoms with Crippen LogP contribution in [0.15, 0.2) is 0 Å². The zero-order valence-corrected chi connectivity index (χ0v) is 10.9. The van der Waals surface area contributed by atoms with Crippen LogP contribution in [0.5, 0.6) is 0 Å². The molecule has 1 aliphatic carbocycles. The molecular weight excluding hydrogens is 200 g/mol. The van der Waals surface area contributed by atoms with Crippen molar-refractivity contribution in [3.8, 4) is 0 Å². The number of nitrogens with two attached hydrogens (primary N) is 1. The molecule has 3 heteroatoms. The summed E-state index contributed by atoms with van der Waals surface area (Å²) in [5.41, 5.74) is 5.87. The molecule has 0 spiro atoms. The molecule has 3 N–H and O–H groups in total. The van der Waals surface area contributed by atoms with E-state index in [1.807, 2.05) is 6.92 Å². The normalized spacial score (nSPS) is 20.3. The lowest BCUT2D eigenvalue weighted by Gasteiger charge is -2.43. The molecule has 0 aromatic rings. The van der Waals surface area contributed by atoms with Crippen molar-refractivity contribution in [2.24, 2.45) is 23.0 Å². The summed E-state index contributed by atoms with van der Waals surface area (Å²) in [7, 11) is 0. The number of hydrogen-bond donors (Lipinski definition) is 2. The van der Waals surface area contributed by atoms with Crippen LogP contribution in [0.2, 0.25) is 0 Å². The fraction of sp³-hybridized carbons (Fsp3) is 0.923. The monoisotopic (exact) mass is 226 g/mol. The van der Waals surface area contributed by atoms with Crippen LogP contribution < -0.4 is 11.1 Å². The number of carbonyl (C=O) groups excluding carboxylic acids is 1. The molecule has 0 bridgehead atoms. The summed E-state index contributed by atoms with van der Waals surface area (Å²) in [5, 5.41) is 3.06. The van der Waals surface area contributed by atoms with Gasteiger partial charge in [-0.3, -0.25) is 4.79 Å². The number of rotatable bonds is 6. The molecule has 0 aromatic heterocycles. The minimum atomic E-state index is -0.0591. The molecule has 0 radical (unpaired) electrons. The molecule has 1 unspecified atom stereocenters. The molecule has 3 nitrogen and oxygen atoms in total. The topological polar surface area (TPSA) is 55.1 Å². The van der Waals surface area contributed by atoms with Gasteiger partial charge in [-0.25, -0.2) is 0 Å². The Morgan fingerprint density at radius 1 is 1.38 bits per heavy atom. The first-order chi connectivity index (χ1) is 7.49. The highest BCUT2D eigenvalue weighted by Crippen LogP contribution is 2.45. The van der Waals surface area contributed by atoms with Gasteiger partial charge >= 0.3 is 0 Å². The second kappa shape index (κ2) is 5.67. The van der Waals surface area contributed by atoms with Crippen molar-refractivity contribution in [2.75, 3.05) is 13.1 Å². The Balaban J connectivity index is 2.37. The van der Waals surface area contributed by atoms with E-state index in [1.165, 1.54) is 25.7 Å². The summed E-state index contributed by atoms with van der Waals surface area (Å²) < 4.78 is 0. The molecule has 16 heavy (non-hydrogen) atoms. The van der Waals surface area contributed by atoms with Crippen LogP contribution in [0, 0.1) is 17.3 Å². The highest BCUT2D eigenvalue weighted by molar-refractivity contribution is 5.78. The van der Waals surface area contributed by atoms with Crippen LogP contribution in [-0.4, -0.2) is 19.0 Å². The largest absolute Gasteiger partial charge is 0.355 e. The summed E-state index contributed by atoms with van der Waals surface area (Å²) in [6.07, 6.45) is 5.07. The molecule has 1 aliphatic rings. The predicted molar refractivity (Wildman–Crippen MR) is 67.0 cm³/mol. The molecular formula is C13H26N2O. The Labute approximate surface area is 99.2 Å². The van der Waals surface area contributed by atoms with Crippen molar-refractivity contribution in [1.82, 2.24) is 5.32 Å². The van der Waals surface area contributed by atoms with Gasteiger partial charge in [-0.2, -0.15) is 0 Å². The minimum Gasteiger partial charge on any atom is -0.355 e. The Morgan fingerprint density at radius 3 is 2.38 bits per heavy atom. The zero-order valence-electron chi connectivity index (χ0n) is 10.9. The second-order valence-corrected chi connectivity index (χ2v) is 5.81. The van der Waals surface area contributed by atoms with Crippen molar-refractivity contribution in [1.29, 1.82) is 0 Å². The molecule has 94 valence electrons. The summed E-state index contributed by atoms with van der Waals surface area (Å²) in [5.74, 6) is 0.762. The number of hydrogen-bond acceptors (Lipinski definition) is 2. The molecule has 1 amide bonds. The third-order valence-electron chi connectivity index (χ3n) is 3.69. The Hall–Kier alpha value is -0.570. The van der Waals surface area contributed by atoms with E-state index < -0.39 is 0 Å². The smallest absolute Gasteiger partial charge is 0.224 e. The first kappa shape index (κ1) is 13.5. The van der Waals surface area contributed by atoms with Crippen molar-refractivity contribution in [3.63, 3.8) is 0 Å². The molecule has 0 aromatic carbocycles. The van der Waals surface area contributed by atoms with Gasteiger partial charge in [-0.15, -0.1) is 0 Å². The first-order valence-electron chi connectivity index (χ1n) is 6.47. The maximum atomic E-state index is 11.7. The van der Waals surface area contributed by atoms with Gasteiger partial charge < -0.3 is 11.1 Å². The van der Waals surface area contributed by atoms with Crippen molar-refractivity contribution in [3.05, 3.63) is 0 Å². The fourth-order valence-corrected chi connectivity index (χ4v) is 2.55. The molecule has 0 saturated heterocycles. The standard InChI is InChI=1S/C13H26N2O/c1-10(2)7-13(5-4-6-13)9-15-12(16)11(3)8-14/h10-11H,4-9,14H2,1-3H3,(H,15,16). The van der Waals surface area contributed by atoms with Gasteiger partial charge in [0.25, 0.3) is 0 Å². The van der Waals surface area contributed by atoms with Crippen molar-refractivity contribution >= 4 is 5.91 Å². The molecule has 1 saturated carbocycles. The summed E-state index contributed by atoms with van der Waals surface area (Å²) in [6.45, 7) is 7.66. The second-order valence-electron chi connectivity index (χ2n) is 5.81. The van der Waals surface area contributed by atoms with E-state index in [4.69, 9.17) is 5.73 Å². The maximum absolute atomic E-state index is 11.7. The van der Waals surface area contributed by atoms with Gasteiger partial charge in [0.05, 0.1) is 0 Å². The highest BCUT2D eigenvalue weighted by Gasteiger charge is 2.37. The Morgan fingerprint density at radius 2 is 2.00 bits per heavy atom. The number of amides is 1. The molecule has 1 fully saturated rings. The maximum Gasteiger partial charge on any atom is 0.224 e. The van der Waals surface area contributed by atoms with Gasteiger partial charge in [-0.05, 0) is 30.6 Å². The van der Waals surface area contributed by atoms with Gasteiger partial charge in [0.15, 0.2) is 0 Å². The third-order valence-corrected chi connectivity index (χ3v) is 3.69. The summed E-state index contributed by atoms with van der Waals surface area (Å²) in [4.78, 5) is 11.7. The summed E-state index contributed by atoms with van der Waals surface area (Å²) in [6, 6.07) is 0. The molecule has 0 heterocycles. The van der Waals surface area contributed by atoms with Gasteiger partial charge in [0.2, 0.25) is 5.91 Å². The van der Waals surface area contributed by atoms with E-state index in [-0.39, 0.29) is 11.8 Å². The molecule has 0 aliphatic heterocycles. The zero-order chi connectivity index (χ0) is 12.2. The van der Waals surface area contributed by atoms with E-state index >= 15 is 0 Å². The minimum absolute atomic E-state index is 0.0591. The Bertz CT molecular complexity index is 234. The lowest BCUT2D eigenvalue weighted by molar-refractivity contribution is -0.125. The van der Waals surface area contributed by atoms with Gasteiger partial charge in [0, 0.05) is 19.0 Å². The van der Waals surface area contributed by atoms with Crippen LogP contribution in [0.1, 0.15) is 46.5 Å². The SMILES string of the molecule is CC(C)CC1(CNC(=O)C(C)CN)CCC1. The lowest BCUT2D eigenvalue weighted by atomic mass is 9.64. The predicted octanol–water partition coefficient (Wildman–Crippen LogP) is 1.91. The van der Waals surface area contributed by atoms with Crippen LogP contribution in [0.25, 0.3) is 0 Å². The third kappa shape index (κ3) is 3.48. The fourth-order valence-electron chi connectivity index (χ4n) is 2.55. The van der Waals surface area contributed by atoms with Crippen molar-refractivity contribution in [2.45, 2.75) is 46.5 Å². The quantitative estimate of drug-likeness (QED) is 0.727. The highest BCUT2D eigenvalue weighted by atomic mass is 16.1. The van der Waals surface area contributed by atoms with E-state index in [0.29, 0.717) is 17.9 Å². The average molecular weight is 226 g/mol. The van der Waals surface area contributed by atoms with Crippen LogP contribution in [0.3, 0.4) is 0 Å². The van der Waals surface area contributed by atoms with Crippen LogP contribution in [0.4, 0.5) is 0 Å².